The fourth-order valence-corrected chi connectivity index (χ4v) is 11.2. The van der Waals surface area contributed by atoms with Crippen LogP contribution in [0.25, 0.3) is 105 Å². The third-order valence-electron chi connectivity index (χ3n) is 13.9. The summed E-state index contributed by atoms with van der Waals surface area (Å²) in [4.78, 5) is 0. The number of rotatable bonds is 5. The Labute approximate surface area is 368 Å². The Hall–Kier alpha value is -8.40. The molecular weight excluding hydrogens is 779 g/mol. The lowest BCUT2D eigenvalue weighted by atomic mass is 9.67. The van der Waals surface area contributed by atoms with Crippen LogP contribution in [0.5, 0.6) is 0 Å². The van der Waals surface area contributed by atoms with Crippen LogP contribution in [0.1, 0.15) is 22.3 Å². The number of fused-ring (bicyclic) bond motifs is 12. The molecule has 3 nitrogen and oxygen atoms in total. The van der Waals surface area contributed by atoms with Crippen LogP contribution in [0.3, 0.4) is 0 Å². The second-order valence-corrected chi connectivity index (χ2v) is 17.1. The van der Waals surface area contributed by atoms with E-state index < -0.39 is 5.41 Å². The second kappa shape index (κ2) is 13.3. The maximum Gasteiger partial charge on any atom is 0.135 e. The summed E-state index contributed by atoms with van der Waals surface area (Å²) in [5, 5.41) is 6.88. The van der Waals surface area contributed by atoms with Crippen LogP contribution in [-0.2, 0) is 5.41 Å². The highest BCUT2D eigenvalue weighted by Gasteiger charge is 2.46. The Morgan fingerprint density at radius 1 is 0.312 bits per heavy atom. The number of hydrogen-bond acceptors (Lipinski definition) is 2. The summed E-state index contributed by atoms with van der Waals surface area (Å²) >= 11 is 0. The lowest BCUT2D eigenvalue weighted by Gasteiger charge is -2.34. The van der Waals surface area contributed by atoms with Crippen molar-refractivity contribution in [1.29, 1.82) is 0 Å². The molecule has 13 aromatic rings. The maximum absolute atomic E-state index is 6.33. The van der Waals surface area contributed by atoms with Gasteiger partial charge >= 0.3 is 0 Å². The van der Waals surface area contributed by atoms with Gasteiger partial charge in [-0.1, -0.05) is 164 Å². The maximum atomic E-state index is 6.33. The van der Waals surface area contributed by atoms with E-state index in [0.29, 0.717) is 0 Å². The topological polar surface area (TPSA) is 31.2 Å². The van der Waals surface area contributed by atoms with Crippen LogP contribution >= 0.6 is 0 Å². The summed E-state index contributed by atoms with van der Waals surface area (Å²) in [6.45, 7) is 0. The van der Waals surface area contributed by atoms with Crippen LogP contribution in [0.2, 0.25) is 0 Å². The van der Waals surface area contributed by atoms with Gasteiger partial charge < -0.3 is 13.4 Å². The molecule has 0 saturated carbocycles. The summed E-state index contributed by atoms with van der Waals surface area (Å²) in [5.74, 6) is 0. The van der Waals surface area contributed by atoms with E-state index in [0.717, 1.165) is 71.7 Å². The van der Waals surface area contributed by atoms with Crippen LogP contribution < -0.4 is 0 Å². The predicted molar refractivity (Wildman–Crippen MR) is 264 cm³/mol. The summed E-state index contributed by atoms with van der Waals surface area (Å²) in [6.07, 6.45) is 0. The lowest BCUT2D eigenvalue weighted by molar-refractivity contribution is 0.668. The average Bonchev–Trinajstić information content (AvgIpc) is 4.11. The lowest BCUT2D eigenvalue weighted by Crippen LogP contribution is -2.28. The quantitative estimate of drug-likeness (QED) is 0.173. The van der Waals surface area contributed by atoms with Crippen LogP contribution in [0, 0.1) is 0 Å². The monoisotopic (exact) mass is 815 g/mol. The van der Waals surface area contributed by atoms with Gasteiger partial charge in [0.1, 0.15) is 22.3 Å². The molecule has 0 N–H and O–H groups in total. The Balaban J connectivity index is 1.08. The zero-order valence-corrected chi connectivity index (χ0v) is 34.6. The molecule has 0 radical (unpaired) electrons. The van der Waals surface area contributed by atoms with Gasteiger partial charge in [-0.25, -0.2) is 0 Å². The molecule has 0 spiro atoms. The molecule has 0 saturated heterocycles. The Morgan fingerprint density at radius 2 is 0.781 bits per heavy atom. The SMILES string of the molecule is c1ccc(C2(c3ccccc3)c3ccccc3-c3ccc(-n4c5cccc(-c6ccc7oc8ccccc8c7c6)c5c5c(-c6ccc7oc8ccccc8c7c6)cccc54)cc32)cc1. The van der Waals surface area contributed by atoms with Crippen molar-refractivity contribution in [3.8, 4) is 39.1 Å². The molecule has 0 bridgehead atoms. The number of aromatic nitrogens is 1. The molecule has 0 amide bonds. The molecule has 3 heterocycles. The first-order valence-corrected chi connectivity index (χ1v) is 22.0. The predicted octanol–water partition coefficient (Wildman–Crippen LogP) is 16.3. The first-order chi connectivity index (χ1) is 31.7. The first-order valence-electron chi connectivity index (χ1n) is 22.0. The molecule has 3 aromatic heterocycles. The number of nitrogens with zero attached hydrogens (tertiary/aromatic N) is 1. The summed E-state index contributed by atoms with van der Waals surface area (Å²) < 4.78 is 15.2. The summed E-state index contributed by atoms with van der Waals surface area (Å²) in [5.41, 5.74) is 18.7. The molecule has 14 rings (SSSR count). The van der Waals surface area contributed by atoms with Gasteiger partial charge in [0, 0.05) is 38.0 Å². The number of furan rings is 2. The molecule has 0 fully saturated rings. The van der Waals surface area contributed by atoms with E-state index in [1.165, 1.54) is 55.3 Å². The van der Waals surface area contributed by atoms with Gasteiger partial charge in [0.2, 0.25) is 0 Å². The van der Waals surface area contributed by atoms with Crippen molar-refractivity contribution in [2.75, 3.05) is 0 Å². The van der Waals surface area contributed by atoms with E-state index in [2.05, 4.69) is 217 Å². The summed E-state index contributed by atoms with van der Waals surface area (Å²) in [7, 11) is 0. The van der Waals surface area contributed by atoms with Crippen molar-refractivity contribution >= 4 is 65.7 Å². The van der Waals surface area contributed by atoms with Gasteiger partial charge in [-0.3, -0.25) is 0 Å². The molecule has 64 heavy (non-hydrogen) atoms. The normalized spacial score (nSPS) is 13.1. The van der Waals surface area contributed by atoms with Crippen molar-refractivity contribution in [2.24, 2.45) is 0 Å². The Bertz CT molecular complexity index is 3810. The molecule has 0 atom stereocenters. The molecule has 298 valence electrons. The van der Waals surface area contributed by atoms with Crippen molar-refractivity contribution in [1.82, 2.24) is 4.57 Å². The molecule has 3 heteroatoms. The minimum absolute atomic E-state index is 0.523. The van der Waals surface area contributed by atoms with Crippen LogP contribution in [-0.4, -0.2) is 4.57 Å². The molecule has 1 aliphatic carbocycles. The zero-order chi connectivity index (χ0) is 41.9. The van der Waals surface area contributed by atoms with Gasteiger partial charge in [-0.2, -0.15) is 0 Å². The molecular formula is C61H37NO2. The minimum Gasteiger partial charge on any atom is -0.456 e. The van der Waals surface area contributed by atoms with Gasteiger partial charge in [-0.15, -0.1) is 0 Å². The third kappa shape index (κ3) is 4.81. The zero-order valence-electron chi connectivity index (χ0n) is 34.6. The Kier molecular flexibility index (Phi) is 7.32. The fourth-order valence-electron chi connectivity index (χ4n) is 11.2. The van der Waals surface area contributed by atoms with Crippen molar-refractivity contribution in [3.05, 3.63) is 247 Å². The average molecular weight is 816 g/mol. The van der Waals surface area contributed by atoms with E-state index in [-0.39, 0.29) is 0 Å². The van der Waals surface area contributed by atoms with E-state index in [9.17, 15) is 0 Å². The first kappa shape index (κ1) is 35.2. The van der Waals surface area contributed by atoms with E-state index >= 15 is 0 Å². The van der Waals surface area contributed by atoms with E-state index in [4.69, 9.17) is 8.83 Å². The van der Waals surface area contributed by atoms with Gasteiger partial charge in [0.05, 0.1) is 16.4 Å². The number of para-hydroxylation sites is 2. The second-order valence-electron chi connectivity index (χ2n) is 17.1. The fraction of sp³-hybridized carbons (Fsp3) is 0.0164. The number of hydrogen-bond donors (Lipinski definition) is 0. The van der Waals surface area contributed by atoms with Crippen molar-refractivity contribution in [3.63, 3.8) is 0 Å². The third-order valence-corrected chi connectivity index (χ3v) is 13.9. The smallest absolute Gasteiger partial charge is 0.135 e. The molecule has 0 aliphatic heterocycles. The van der Waals surface area contributed by atoms with Gasteiger partial charge in [0.25, 0.3) is 0 Å². The molecule has 0 unspecified atom stereocenters. The van der Waals surface area contributed by atoms with E-state index in [1.807, 2.05) is 12.1 Å². The van der Waals surface area contributed by atoms with Crippen LogP contribution in [0.15, 0.2) is 233 Å². The van der Waals surface area contributed by atoms with Crippen LogP contribution in [0.4, 0.5) is 0 Å². The highest BCUT2D eigenvalue weighted by Crippen LogP contribution is 2.57. The highest BCUT2D eigenvalue weighted by atomic mass is 16.3. The molecule has 10 aromatic carbocycles. The van der Waals surface area contributed by atoms with E-state index in [1.54, 1.807) is 0 Å². The van der Waals surface area contributed by atoms with Gasteiger partial charge in [0.15, 0.2) is 0 Å². The van der Waals surface area contributed by atoms with Gasteiger partial charge in [-0.05, 0) is 116 Å². The Morgan fingerprint density at radius 3 is 1.36 bits per heavy atom. The van der Waals surface area contributed by atoms with Crippen molar-refractivity contribution in [2.45, 2.75) is 5.41 Å². The standard InChI is InChI=1S/C61H37NO2/c1-3-15-40(16-4-1)61(41-17-5-2-6-18-41)51-24-10-7-19-45(51)46-32-31-42(37-52(46)61)62-53-25-13-22-43(38-29-33-57-49(35-38)47-20-8-11-27-55(47)63-57)59(53)60-44(23-14-26-54(60)62)39-30-34-58-50(36-39)48-21-9-12-28-56(48)64-58/h1-37H. The largest absolute Gasteiger partial charge is 0.456 e. The highest BCUT2D eigenvalue weighted by molar-refractivity contribution is 6.22. The minimum atomic E-state index is -0.523. The number of benzene rings is 10. The van der Waals surface area contributed by atoms with Crippen molar-refractivity contribution < 1.29 is 8.83 Å². The summed E-state index contributed by atoms with van der Waals surface area (Å²) in [6, 6.07) is 81.8. The molecule has 1 aliphatic rings.